The topological polar surface area (TPSA) is 183 Å². The normalized spacial score (nSPS) is 35.1. The molecule has 4 aliphatic rings. The average Bonchev–Trinajstić information content (AvgIpc) is 3.11. The van der Waals surface area contributed by atoms with Gasteiger partial charge in [-0.2, -0.15) is 0 Å². The summed E-state index contributed by atoms with van der Waals surface area (Å²) in [6.45, 7) is 8.69. The Labute approximate surface area is 325 Å². The molecule has 14 heteroatoms. The Kier molecular flexibility index (Phi) is 17.2. The van der Waals surface area contributed by atoms with E-state index in [0.29, 0.717) is 32.3 Å². The number of rotatable bonds is 10. The highest BCUT2D eigenvalue weighted by molar-refractivity contribution is 5.83. The fourth-order valence-corrected chi connectivity index (χ4v) is 7.82. The molecule has 0 spiro atoms. The Morgan fingerprint density at radius 3 is 2.36 bits per heavy atom. The van der Waals surface area contributed by atoms with Crippen molar-refractivity contribution in [3.05, 3.63) is 23.8 Å². The number of hydrogen-bond acceptors (Lipinski definition) is 14. The van der Waals surface area contributed by atoms with Crippen LogP contribution < -0.4 is 0 Å². The van der Waals surface area contributed by atoms with Gasteiger partial charge in [-0.15, -0.1) is 0 Å². The third-order valence-corrected chi connectivity index (χ3v) is 10.9. The number of hydrogen-bond donors (Lipinski definition) is 2. The lowest BCUT2D eigenvalue weighted by atomic mass is 9.74. The first-order valence-corrected chi connectivity index (χ1v) is 20.2. The van der Waals surface area contributed by atoms with E-state index in [1.807, 2.05) is 0 Å². The minimum absolute atomic E-state index is 0.0286. The van der Waals surface area contributed by atoms with Crippen LogP contribution in [-0.4, -0.2) is 109 Å². The van der Waals surface area contributed by atoms with Gasteiger partial charge in [0.25, 0.3) is 0 Å². The highest BCUT2D eigenvalue weighted by Gasteiger charge is 2.57. The molecule has 0 amide bonds. The molecule has 6 bridgehead atoms. The summed E-state index contributed by atoms with van der Waals surface area (Å²) in [5, 5.41) is 23.6. The number of fused-ring (bicyclic) bond motifs is 6. The van der Waals surface area contributed by atoms with Crippen molar-refractivity contribution in [3.8, 4) is 0 Å². The van der Waals surface area contributed by atoms with Gasteiger partial charge in [-0.1, -0.05) is 52.5 Å². The van der Waals surface area contributed by atoms with E-state index in [2.05, 4.69) is 6.92 Å². The molecule has 2 N–H and O–H groups in total. The Morgan fingerprint density at radius 1 is 0.964 bits per heavy atom. The predicted molar refractivity (Wildman–Crippen MR) is 198 cm³/mol. The smallest absolute Gasteiger partial charge is 0.330 e. The summed E-state index contributed by atoms with van der Waals surface area (Å²) in [4.78, 5) is 51.7. The fraction of sp³-hybridized carbons (Fsp3) is 0.805. The number of carbonyl (C=O) groups is 4. The van der Waals surface area contributed by atoms with Gasteiger partial charge in [0.05, 0.1) is 50.7 Å². The standard InChI is InChI=1S/C41H64O14/c1-7-8-9-10-11-15-35(44)54-39-28(21-36(45)48-6)20-33-24-34(26(2)42)53-37(46)25-32(50-27(3)43)23-30-14-12-13-29(51-30)22-31-17-19-49-38(52-31)16-18-40(4,5)41(39,47)55-33/h16,18,21,26,29-34,38-39,42,47H,7-15,17,19-20,22-25H2,1-6H3/b18-16-,28-21+/t26-,29-,30+,31+,32-,33+,34-,38+,39+,41-/m1/s1. The van der Waals surface area contributed by atoms with Gasteiger partial charge < -0.3 is 48.1 Å². The van der Waals surface area contributed by atoms with Crippen molar-refractivity contribution in [2.75, 3.05) is 13.7 Å². The number of ether oxygens (including phenoxy) is 8. The molecule has 3 saturated heterocycles. The summed E-state index contributed by atoms with van der Waals surface area (Å²) in [6.07, 6.45) is 6.00. The minimum Gasteiger partial charge on any atom is -0.466 e. The van der Waals surface area contributed by atoms with Crippen molar-refractivity contribution < 1.29 is 67.3 Å². The summed E-state index contributed by atoms with van der Waals surface area (Å²) in [7, 11) is 1.22. The summed E-state index contributed by atoms with van der Waals surface area (Å²) < 4.78 is 47.6. The molecular weight excluding hydrogens is 716 g/mol. The van der Waals surface area contributed by atoms with Gasteiger partial charge in [0.1, 0.15) is 12.2 Å². The molecule has 0 radical (unpaired) electrons. The monoisotopic (exact) mass is 780 g/mol. The second-order valence-electron chi connectivity index (χ2n) is 16.0. The summed E-state index contributed by atoms with van der Waals surface area (Å²) in [5.41, 5.74) is -1.09. The third-order valence-electron chi connectivity index (χ3n) is 10.9. The maximum Gasteiger partial charge on any atom is 0.330 e. The van der Waals surface area contributed by atoms with E-state index in [4.69, 9.17) is 37.9 Å². The number of unbranched alkanes of at least 4 members (excludes halogenated alkanes) is 4. The maximum atomic E-state index is 13.4. The van der Waals surface area contributed by atoms with Crippen molar-refractivity contribution in [1.29, 1.82) is 0 Å². The summed E-state index contributed by atoms with van der Waals surface area (Å²) in [5.74, 6) is -4.82. The summed E-state index contributed by atoms with van der Waals surface area (Å²) >= 11 is 0. The van der Waals surface area contributed by atoms with Crippen LogP contribution in [0.2, 0.25) is 0 Å². The number of esters is 4. The Balaban J connectivity index is 1.72. The van der Waals surface area contributed by atoms with Gasteiger partial charge in [0.2, 0.25) is 5.79 Å². The van der Waals surface area contributed by atoms with Crippen LogP contribution in [0.3, 0.4) is 0 Å². The highest BCUT2D eigenvalue weighted by Crippen LogP contribution is 2.47. The van der Waals surface area contributed by atoms with Crippen molar-refractivity contribution in [1.82, 2.24) is 0 Å². The molecule has 55 heavy (non-hydrogen) atoms. The molecule has 14 nitrogen and oxygen atoms in total. The number of carbonyl (C=O) groups excluding carboxylic acids is 4. The van der Waals surface area contributed by atoms with Crippen LogP contribution in [0, 0.1) is 5.41 Å². The van der Waals surface area contributed by atoms with Gasteiger partial charge in [-0.3, -0.25) is 14.4 Å². The third kappa shape index (κ3) is 13.3. The van der Waals surface area contributed by atoms with Crippen LogP contribution in [0.5, 0.6) is 0 Å². The zero-order chi connectivity index (χ0) is 40.2. The molecule has 0 saturated carbocycles. The number of methoxy groups -OCH3 is 1. The van der Waals surface area contributed by atoms with Gasteiger partial charge in [0.15, 0.2) is 12.4 Å². The average molecular weight is 781 g/mol. The van der Waals surface area contributed by atoms with E-state index < -0.39 is 71.9 Å². The highest BCUT2D eigenvalue weighted by atomic mass is 16.7. The predicted octanol–water partition coefficient (Wildman–Crippen LogP) is 5.29. The van der Waals surface area contributed by atoms with Crippen molar-refractivity contribution >= 4 is 23.9 Å². The molecule has 4 aliphatic heterocycles. The van der Waals surface area contributed by atoms with Crippen LogP contribution in [0.25, 0.3) is 0 Å². The van der Waals surface area contributed by atoms with E-state index in [1.165, 1.54) is 27.0 Å². The molecule has 4 heterocycles. The van der Waals surface area contributed by atoms with Crippen LogP contribution in [0.15, 0.2) is 23.8 Å². The van der Waals surface area contributed by atoms with Gasteiger partial charge in [0, 0.05) is 37.7 Å². The Hall–Kier alpha value is -2.88. The van der Waals surface area contributed by atoms with Crippen molar-refractivity contribution in [2.24, 2.45) is 5.41 Å². The summed E-state index contributed by atoms with van der Waals surface area (Å²) in [6, 6.07) is 0. The Morgan fingerprint density at radius 2 is 1.67 bits per heavy atom. The van der Waals surface area contributed by atoms with Gasteiger partial charge in [-0.25, -0.2) is 4.79 Å². The lowest BCUT2D eigenvalue weighted by Gasteiger charge is -2.51. The number of aliphatic hydroxyl groups excluding tert-OH is 1. The largest absolute Gasteiger partial charge is 0.466 e. The molecule has 0 unspecified atom stereocenters. The van der Waals surface area contributed by atoms with E-state index in [9.17, 15) is 29.4 Å². The fourth-order valence-electron chi connectivity index (χ4n) is 7.82. The maximum absolute atomic E-state index is 13.4. The molecule has 3 fully saturated rings. The molecule has 312 valence electrons. The lowest BCUT2D eigenvalue weighted by molar-refractivity contribution is -0.327. The van der Waals surface area contributed by atoms with Crippen LogP contribution in [0.1, 0.15) is 131 Å². The zero-order valence-electron chi connectivity index (χ0n) is 33.5. The quantitative estimate of drug-likeness (QED) is 0.0960. The molecule has 0 aromatic rings. The van der Waals surface area contributed by atoms with Crippen LogP contribution >= 0.6 is 0 Å². The SMILES string of the molecule is CCCCCCCC(=O)O[C@H]1/C(=C/C(=O)OC)C[C@H]2C[C@H]([C@@H](C)O)OC(=O)C[C@H](OC(C)=O)C[C@@H]3CCC[C@H](C[C@@H]4CCO[C@H](/C=C\C(C)(C)[C@]1(O)O2)O4)O3. The molecule has 0 aliphatic carbocycles. The first-order valence-electron chi connectivity index (χ1n) is 20.2. The van der Waals surface area contributed by atoms with E-state index >= 15 is 0 Å². The lowest BCUT2D eigenvalue weighted by Crippen LogP contribution is -2.62. The van der Waals surface area contributed by atoms with E-state index in [0.717, 1.165) is 44.9 Å². The minimum atomic E-state index is -2.28. The second-order valence-corrected chi connectivity index (χ2v) is 16.0. The number of cyclic esters (lactones) is 1. The molecule has 10 atom stereocenters. The van der Waals surface area contributed by atoms with Gasteiger partial charge >= 0.3 is 23.9 Å². The first-order chi connectivity index (χ1) is 26.1. The number of aliphatic hydroxyl groups is 2. The molecule has 0 aromatic carbocycles. The second kappa shape index (κ2) is 21.0. The van der Waals surface area contributed by atoms with Crippen LogP contribution in [0.4, 0.5) is 0 Å². The van der Waals surface area contributed by atoms with E-state index in [-0.39, 0.29) is 49.6 Å². The van der Waals surface area contributed by atoms with Crippen LogP contribution in [-0.2, 0) is 57.1 Å². The molecular formula is C41H64O14. The van der Waals surface area contributed by atoms with E-state index in [1.54, 1.807) is 26.0 Å². The first kappa shape index (κ1) is 44.8. The Bertz CT molecular complexity index is 1340. The molecule has 0 aromatic heterocycles. The molecule has 4 rings (SSSR count). The van der Waals surface area contributed by atoms with Gasteiger partial charge in [-0.05, 0) is 63.5 Å². The van der Waals surface area contributed by atoms with Crippen molar-refractivity contribution in [3.63, 3.8) is 0 Å². The zero-order valence-corrected chi connectivity index (χ0v) is 33.5. The van der Waals surface area contributed by atoms with Crippen molar-refractivity contribution in [2.45, 2.75) is 192 Å².